The van der Waals surface area contributed by atoms with Gasteiger partial charge in [0.15, 0.2) is 0 Å². The Morgan fingerprint density at radius 3 is 2.35 bits per heavy atom. The van der Waals surface area contributed by atoms with Gasteiger partial charge in [0, 0.05) is 74.0 Å². The maximum atomic E-state index is 14.1. The average molecular weight is 1150 g/mol. The number of ether oxygens (including phenoxy) is 1. The predicted molar refractivity (Wildman–Crippen MR) is 298 cm³/mol. The van der Waals surface area contributed by atoms with Gasteiger partial charge in [0.2, 0.25) is 33.7 Å². The molecule has 81 heavy (non-hydrogen) atoms. The van der Waals surface area contributed by atoms with Crippen LogP contribution in [0.25, 0.3) is 21.7 Å². The van der Waals surface area contributed by atoms with Crippen LogP contribution in [0.15, 0.2) is 120 Å². The molecular weight excluding hydrogens is 1090 g/mol. The van der Waals surface area contributed by atoms with Crippen molar-refractivity contribution in [1.82, 2.24) is 45.5 Å². The number of primary sulfonamides is 1. The number of aliphatic hydroxyl groups excluding tert-OH is 1. The first-order valence-electron chi connectivity index (χ1n) is 25.4. The summed E-state index contributed by atoms with van der Waals surface area (Å²) in [6.07, 6.45) is -2.34. The van der Waals surface area contributed by atoms with E-state index in [-0.39, 0.29) is 60.3 Å². The van der Waals surface area contributed by atoms with Crippen molar-refractivity contribution in [2.24, 2.45) is 10.6 Å². The summed E-state index contributed by atoms with van der Waals surface area (Å²) in [6, 6.07) is 22.7. The van der Waals surface area contributed by atoms with E-state index >= 15 is 0 Å². The van der Waals surface area contributed by atoms with Crippen molar-refractivity contribution in [3.63, 3.8) is 0 Å². The fourth-order valence-corrected chi connectivity index (χ4v) is 10.2. The highest BCUT2D eigenvalue weighted by molar-refractivity contribution is 7.89. The fraction of sp³-hybridized carbons (Fsp3) is 0.315. The number of aliphatic hydroxyl groups is 1. The van der Waals surface area contributed by atoms with Gasteiger partial charge in [-0.05, 0) is 103 Å². The maximum Gasteiger partial charge on any atom is 0.573 e. The van der Waals surface area contributed by atoms with E-state index in [1.807, 2.05) is 31.2 Å². The Kier molecular flexibility index (Phi) is 18.0. The van der Waals surface area contributed by atoms with Crippen LogP contribution in [-0.4, -0.2) is 110 Å². The lowest BCUT2D eigenvalue weighted by molar-refractivity contribution is -0.274. The highest BCUT2D eigenvalue weighted by Gasteiger charge is 2.44. The summed E-state index contributed by atoms with van der Waals surface area (Å²) in [7, 11) is -2.18. The normalized spacial score (nSPS) is 14.9. The summed E-state index contributed by atoms with van der Waals surface area (Å²) in [5, 5.41) is 38.1. The molecular formula is C54H59F3N14O8S2. The van der Waals surface area contributed by atoms with Gasteiger partial charge in [0.25, 0.3) is 0 Å². The smallest absolute Gasteiger partial charge is 0.405 e. The number of hydrogen-bond acceptors (Lipinski definition) is 16. The van der Waals surface area contributed by atoms with Crippen molar-refractivity contribution in [1.29, 1.82) is 0 Å². The molecule has 0 radical (unpaired) electrons. The minimum absolute atomic E-state index is 0.000610. The number of hydrogen-bond donors (Lipinski definition) is 7. The van der Waals surface area contributed by atoms with Gasteiger partial charge in [-0.1, -0.05) is 56.3 Å². The highest BCUT2D eigenvalue weighted by atomic mass is 32.2. The van der Waals surface area contributed by atoms with Crippen LogP contribution in [0.1, 0.15) is 57.7 Å². The van der Waals surface area contributed by atoms with E-state index in [0.29, 0.717) is 35.7 Å². The van der Waals surface area contributed by atoms with Crippen LogP contribution in [-0.2, 0) is 37.5 Å². The molecule has 3 atom stereocenters. The second kappa shape index (κ2) is 24.9. The van der Waals surface area contributed by atoms with E-state index in [0.717, 1.165) is 27.8 Å². The fourth-order valence-electron chi connectivity index (χ4n) is 8.80. The van der Waals surface area contributed by atoms with Crippen LogP contribution in [0, 0.1) is 12.3 Å². The number of anilines is 6. The lowest BCUT2D eigenvalue weighted by Crippen LogP contribution is -2.57. The van der Waals surface area contributed by atoms with Crippen LogP contribution in [0.2, 0.25) is 0 Å². The van der Waals surface area contributed by atoms with Gasteiger partial charge in [-0.25, -0.2) is 28.3 Å². The second-order valence-corrected chi connectivity index (χ2v) is 22.6. The number of aromatic nitrogens is 6. The lowest BCUT2D eigenvalue weighted by Gasteiger charge is -2.35. The molecule has 0 saturated carbocycles. The van der Waals surface area contributed by atoms with Crippen molar-refractivity contribution < 1.29 is 50.6 Å². The molecule has 4 heterocycles. The number of nitrogens with two attached hydrogens (primary N) is 1. The number of sulfonamides is 1. The van der Waals surface area contributed by atoms with Crippen molar-refractivity contribution in [2.75, 3.05) is 34.4 Å². The zero-order valence-corrected chi connectivity index (χ0v) is 46.2. The standard InChI is InChI=1S/C54H59F3N14O8S2/c1-32-47(80-31-61-32)34-14-12-33(13-15-34)28-60-49(74)43-27-39(72)29-71(43)50(75)48(53(2,3)4)66-46(73)11-6-7-24-70-30-42(67-68-70)41-26-37(18-21-44(41)79-54(55,56)57)64-52(76)63-35-16-19-38(20-17-35)69(5)45-22-23-59-51(65-45)62-36-9-8-10-40(25-36)81(58,77)78/h8-10,12-23,25-26,30-31,39,43,48,72H,6-7,11,24,27-29H2,1-5H3,(H,60,74)(H,66,73)(H2,58,77,78)(H,59,62,65)(H2,63,64,76)/t39-,43+,48-/m1/s1. The zero-order valence-electron chi connectivity index (χ0n) is 44.6. The number of amides is 5. The van der Waals surface area contributed by atoms with Crippen LogP contribution in [0.4, 0.5) is 52.5 Å². The lowest BCUT2D eigenvalue weighted by atomic mass is 9.85. The van der Waals surface area contributed by atoms with E-state index in [4.69, 9.17) is 5.14 Å². The van der Waals surface area contributed by atoms with Crippen molar-refractivity contribution in [3.8, 4) is 27.4 Å². The Morgan fingerprint density at radius 2 is 1.65 bits per heavy atom. The first-order chi connectivity index (χ1) is 38.4. The number of aryl methyl sites for hydroxylation is 2. The summed E-state index contributed by atoms with van der Waals surface area (Å²) in [5.41, 5.74) is 5.21. The molecule has 8 N–H and O–H groups in total. The van der Waals surface area contributed by atoms with E-state index in [1.165, 1.54) is 52.3 Å². The van der Waals surface area contributed by atoms with Crippen LogP contribution >= 0.6 is 11.3 Å². The van der Waals surface area contributed by atoms with E-state index in [1.54, 1.807) is 86.0 Å². The van der Waals surface area contributed by atoms with Crippen molar-refractivity contribution in [3.05, 3.63) is 126 Å². The molecule has 1 aliphatic rings. The minimum Gasteiger partial charge on any atom is -0.405 e. The first kappa shape index (κ1) is 58.6. The van der Waals surface area contributed by atoms with Gasteiger partial charge in [0.1, 0.15) is 29.3 Å². The van der Waals surface area contributed by atoms with Gasteiger partial charge >= 0.3 is 12.4 Å². The average Bonchev–Trinajstić information content (AvgIpc) is 4.18. The van der Waals surface area contributed by atoms with Crippen LogP contribution < -0.4 is 41.4 Å². The molecule has 8 rings (SSSR count). The molecule has 7 aromatic rings. The van der Waals surface area contributed by atoms with Gasteiger partial charge < -0.3 is 46.2 Å². The maximum absolute atomic E-state index is 14.1. The first-order valence-corrected chi connectivity index (χ1v) is 27.8. The third kappa shape index (κ3) is 15.6. The summed E-state index contributed by atoms with van der Waals surface area (Å²) >= 11 is 1.54. The number of urea groups is 1. The molecule has 27 heteroatoms. The number of unbranched alkanes of at least 4 members (excludes halogenated alkanes) is 1. The van der Waals surface area contributed by atoms with Gasteiger partial charge in [-0.15, -0.1) is 29.6 Å². The van der Waals surface area contributed by atoms with Gasteiger partial charge in [-0.2, -0.15) is 4.98 Å². The Balaban J connectivity index is 0.830. The molecule has 1 saturated heterocycles. The Morgan fingerprint density at radius 1 is 0.926 bits per heavy atom. The van der Waals surface area contributed by atoms with Gasteiger partial charge in [0.05, 0.1) is 33.3 Å². The SMILES string of the molecule is Cc1ncsc1-c1ccc(CNC(=O)[C@@H]2C[C@@H](O)CN2C(=O)[C@@H](NC(=O)CCCCn2cc(-c3cc(NC(=O)Nc4ccc(N(C)c5ccnc(Nc6cccc(S(N)(=O)=O)c6)n5)cc4)ccc3OC(F)(F)F)nn2)C(C)(C)C)cc1. The van der Waals surface area contributed by atoms with Crippen LogP contribution in [0.3, 0.4) is 0 Å². The molecule has 1 aliphatic heterocycles. The van der Waals surface area contributed by atoms with Crippen LogP contribution in [0.5, 0.6) is 5.75 Å². The number of rotatable bonds is 20. The minimum atomic E-state index is -5.06. The zero-order chi connectivity index (χ0) is 58.2. The number of likely N-dealkylation sites (tertiary alicyclic amines) is 1. The van der Waals surface area contributed by atoms with Crippen molar-refractivity contribution >= 4 is 79.6 Å². The van der Waals surface area contributed by atoms with Gasteiger partial charge in [-0.3, -0.25) is 19.1 Å². The number of nitrogens with zero attached hydrogens (tertiary/aromatic N) is 8. The molecule has 5 amide bonds. The highest BCUT2D eigenvalue weighted by Crippen LogP contribution is 2.36. The number of alkyl halides is 3. The third-order valence-electron chi connectivity index (χ3n) is 12.9. The molecule has 1 fully saturated rings. The Hall–Kier alpha value is -8.53. The summed E-state index contributed by atoms with van der Waals surface area (Å²) in [6.45, 7) is 7.63. The molecule has 4 aromatic carbocycles. The molecule has 0 aliphatic carbocycles. The van der Waals surface area contributed by atoms with E-state index in [9.17, 15) is 45.9 Å². The van der Waals surface area contributed by atoms with E-state index in [2.05, 4.69) is 56.6 Å². The Bertz CT molecular complexity index is 3500. The molecule has 3 aromatic heterocycles. The number of halogens is 3. The number of carbonyl (C=O) groups excluding carboxylic acids is 4. The monoisotopic (exact) mass is 1150 g/mol. The molecule has 426 valence electrons. The second-order valence-electron chi connectivity index (χ2n) is 20.1. The molecule has 0 unspecified atom stereocenters. The number of benzene rings is 4. The number of carbonyl (C=O) groups is 4. The topological polar surface area (TPSA) is 294 Å². The number of β-amino-alcohol motifs (C(OH)–C–C–N with tert-alkyl or cyclic N) is 1. The summed E-state index contributed by atoms with van der Waals surface area (Å²) < 4.78 is 70.1. The number of nitrogens with one attached hydrogen (secondary N) is 5. The Labute approximate surface area is 468 Å². The predicted octanol–water partition coefficient (Wildman–Crippen LogP) is 7.85. The molecule has 0 bridgehead atoms. The largest absolute Gasteiger partial charge is 0.573 e. The molecule has 22 nitrogen and oxygen atoms in total. The number of thiazole rings is 1. The van der Waals surface area contributed by atoms with E-state index < -0.39 is 69.5 Å². The van der Waals surface area contributed by atoms with Crippen molar-refractivity contribution in [2.45, 2.75) is 95.9 Å². The summed E-state index contributed by atoms with van der Waals surface area (Å²) in [4.78, 5) is 71.3. The quantitative estimate of drug-likeness (QED) is 0.0358. The molecule has 0 spiro atoms. The summed E-state index contributed by atoms with van der Waals surface area (Å²) in [5.74, 6) is -1.29. The third-order valence-corrected chi connectivity index (χ3v) is 14.8.